The van der Waals surface area contributed by atoms with E-state index in [-0.39, 0.29) is 30.1 Å². The number of nitrogen functional groups attached to an aromatic ring is 1. The second kappa shape index (κ2) is 9.33. The van der Waals surface area contributed by atoms with Gasteiger partial charge in [0.2, 0.25) is 0 Å². The van der Waals surface area contributed by atoms with Crippen LogP contribution in [-0.4, -0.2) is 72.4 Å². The number of ether oxygens (including phenoxy) is 1. The third-order valence-electron chi connectivity index (χ3n) is 6.14. The minimum atomic E-state index is -5.20. The average molecular weight is 553 g/mol. The molecular formula is C22H20ClF3N8O4. The van der Waals surface area contributed by atoms with Gasteiger partial charge < -0.3 is 25.8 Å². The molecule has 1 fully saturated rings. The fourth-order valence-electron chi connectivity index (χ4n) is 4.43. The van der Waals surface area contributed by atoms with Gasteiger partial charge >= 0.3 is 12.1 Å². The highest BCUT2D eigenvalue weighted by Crippen LogP contribution is 2.35. The number of nitrogens with two attached hydrogens (primary N) is 1. The molecule has 0 aromatic carbocycles. The molecule has 16 heteroatoms. The van der Waals surface area contributed by atoms with Crippen LogP contribution in [0.25, 0.3) is 11.2 Å². The van der Waals surface area contributed by atoms with Gasteiger partial charge in [0.15, 0.2) is 11.5 Å². The van der Waals surface area contributed by atoms with Crippen molar-refractivity contribution in [1.82, 2.24) is 29.3 Å². The van der Waals surface area contributed by atoms with Gasteiger partial charge in [0.1, 0.15) is 29.9 Å². The Morgan fingerprint density at radius 1 is 1.34 bits per heavy atom. The van der Waals surface area contributed by atoms with Crippen LogP contribution in [0.1, 0.15) is 28.9 Å². The monoisotopic (exact) mass is 552 g/mol. The molecule has 1 unspecified atom stereocenters. The molecule has 4 N–H and O–H groups in total. The average Bonchev–Trinajstić information content (AvgIpc) is 3.55. The van der Waals surface area contributed by atoms with Crippen molar-refractivity contribution in [3.05, 3.63) is 53.2 Å². The Morgan fingerprint density at radius 2 is 2.11 bits per heavy atom. The number of rotatable bonds is 5. The smallest absolute Gasteiger partial charge is 0.451 e. The van der Waals surface area contributed by atoms with Crippen molar-refractivity contribution in [2.24, 2.45) is 0 Å². The topological polar surface area (TPSA) is 152 Å². The molecule has 0 saturated carbocycles. The van der Waals surface area contributed by atoms with Crippen LogP contribution in [0.5, 0.6) is 0 Å². The van der Waals surface area contributed by atoms with Gasteiger partial charge in [-0.3, -0.25) is 9.20 Å². The summed E-state index contributed by atoms with van der Waals surface area (Å²) < 4.78 is 45.7. The molecule has 0 spiro atoms. The van der Waals surface area contributed by atoms with Crippen LogP contribution in [0, 0.1) is 0 Å². The number of alkyl halides is 3. The second-order valence-corrected chi connectivity index (χ2v) is 9.08. The summed E-state index contributed by atoms with van der Waals surface area (Å²) in [5, 5.41) is 17.6. The van der Waals surface area contributed by atoms with Crippen molar-refractivity contribution in [2.75, 3.05) is 23.7 Å². The van der Waals surface area contributed by atoms with Crippen LogP contribution in [0.2, 0.25) is 5.02 Å². The summed E-state index contributed by atoms with van der Waals surface area (Å²) in [7, 11) is 0. The van der Waals surface area contributed by atoms with E-state index in [1.165, 1.54) is 28.1 Å². The van der Waals surface area contributed by atoms with Crippen molar-refractivity contribution in [3.63, 3.8) is 0 Å². The molecule has 1 saturated heterocycles. The van der Waals surface area contributed by atoms with Gasteiger partial charge in [-0.25, -0.2) is 19.3 Å². The van der Waals surface area contributed by atoms with E-state index in [4.69, 9.17) is 17.3 Å². The first kappa shape index (κ1) is 25.5. The Morgan fingerprint density at radius 3 is 2.84 bits per heavy atom. The Balaban J connectivity index is 1.48. The van der Waals surface area contributed by atoms with Gasteiger partial charge in [-0.1, -0.05) is 11.6 Å². The number of fused-ring (bicyclic) bond motifs is 2. The number of aliphatic hydroxyl groups excluding tert-OH is 1. The highest BCUT2D eigenvalue weighted by molar-refractivity contribution is 6.34. The molecule has 4 aromatic heterocycles. The van der Waals surface area contributed by atoms with Gasteiger partial charge in [0.25, 0.3) is 5.91 Å². The summed E-state index contributed by atoms with van der Waals surface area (Å²) in [6.45, 7) is 1.25. The first-order chi connectivity index (χ1) is 18.0. The fourth-order valence-corrected chi connectivity index (χ4v) is 4.68. The second-order valence-electron chi connectivity index (χ2n) is 8.68. The number of hydrogen-bond acceptors (Lipinski definition) is 9. The summed E-state index contributed by atoms with van der Waals surface area (Å²) in [5.74, 6) is -2.62. The summed E-state index contributed by atoms with van der Waals surface area (Å²) in [6.07, 6.45) is -2.06. The maximum Gasteiger partial charge on any atom is 0.490 e. The Labute approximate surface area is 216 Å². The largest absolute Gasteiger partial charge is 0.490 e. The lowest BCUT2D eigenvalue weighted by atomic mass is 10.1. The van der Waals surface area contributed by atoms with E-state index >= 15 is 0 Å². The van der Waals surface area contributed by atoms with E-state index in [1.807, 2.05) is 0 Å². The van der Waals surface area contributed by atoms with Gasteiger partial charge in [0, 0.05) is 24.5 Å². The number of imidazole rings is 1. The quantitative estimate of drug-likeness (QED) is 0.314. The highest BCUT2D eigenvalue weighted by atomic mass is 35.5. The van der Waals surface area contributed by atoms with E-state index in [1.54, 1.807) is 29.7 Å². The molecule has 5 rings (SSSR count). The molecule has 5 heterocycles. The number of aliphatic hydroxyl groups is 1. The molecule has 1 aliphatic rings. The zero-order valence-corrected chi connectivity index (χ0v) is 20.3. The number of hydrogen-bond donors (Lipinski definition) is 3. The summed E-state index contributed by atoms with van der Waals surface area (Å²) in [5.41, 5.74) is 7.19. The number of amides is 1. The van der Waals surface area contributed by atoms with Crippen molar-refractivity contribution >= 4 is 46.3 Å². The Kier molecular flexibility index (Phi) is 6.27. The predicted molar refractivity (Wildman–Crippen MR) is 128 cm³/mol. The first-order valence-electron chi connectivity index (χ1n) is 11.2. The predicted octanol–water partition coefficient (Wildman–Crippen LogP) is 1.76. The zero-order valence-electron chi connectivity index (χ0n) is 19.6. The lowest BCUT2D eigenvalue weighted by Crippen LogP contribution is -2.36. The Hall–Kier alpha value is -4.11. The zero-order chi connectivity index (χ0) is 27.4. The standard InChI is InChI=1S/C22H20ClF3N8O4/c1-10(30-19(36)16-17(27)31-34-4-2-3-29-18(16)34)11-5-12(23)13-6-28-9-33(13)20(11)32-7-14(35)15(8-32)38-21(37)22(24,25)26/h2-6,9-10,14-15,35H,7-8H2,1H3,(H2,27,31)(H,30,36)/t10?,14-,15-/m0/s1. The van der Waals surface area contributed by atoms with Crippen molar-refractivity contribution in [1.29, 1.82) is 0 Å². The number of esters is 1. The minimum Gasteiger partial charge on any atom is -0.451 e. The normalized spacial score (nSPS) is 18.7. The third-order valence-corrected chi connectivity index (χ3v) is 6.44. The molecule has 4 aromatic rings. The number of β-amino-alcohol motifs (C(OH)–C–C–N with tert-alkyl or cyclic N) is 1. The van der Waals surface area contributed by atoms with Crippen molar-refractivity contribution in [2.45, 2.75) is 31.3 Å². The summed E-state index contributed by atoms with van der Waals surface area (Å²) in [6, 6.07) is 2.48. The number of nitrogens with zero attached hydrogens (tertiary/aromatic N) is 6. The number of anilines is 2. The van der Waals surface area contributed by atoms with E-state index in [0.29, 0.717) is 21.9 Å². The fraction of sp³-hybridized carbons (Fsp3) is 0.318. The lowest BCUT2D eigenvalue weighted by Gasteiger charge is -2.26. The highest BCUT2D eigenvalue weighted by Gasteiger charge is 2.45. The van der Waals surface area contributed by atoms with Crippen LogP contribution in [0.15, 0.2) is 37.1 Å². The van der Waals surface area contributed by atoms with Crippen LogP contribution >= 0.6 is 11.6 Å². The van der Waals surface area contributed by atoms with Crippen molar-refractivity contribution < 1.29 is 32.6 Å². The van der Waals surface area contributed by atoms with Crippen molar-refractivity contribution in [3.8, 4) is 0 Å². The maximum absolute atomic E-state index is 13.2. The number of halogens is 4. The number of nitrogens with one attached hydrogen (secondary N) is 1. The molecule has 38 heavy (non-hydrogen) atoms. The van der Waals surface area contributed by atoms with E-state index in [2.05, 4.69) is 25.1 Å². The number of pyridine rings is 1. The Bertz CT molecular complexity index is 1550. The SMILES string of the molecule is CC(NC(=O)c1c(N)nn2cccnc12)c1cc(Cl)c2cncn2c1N1C[C@H](OC(=O)C(F)(F)F)[C@@H](O)C1. The maximum atomic E-state index is 13.2. The third kappa shape index (κ3) is 4.43. The molecule has 0 aliphatic carbocycles. The van der Waals surface area contributed by atoms with Gasteiger partial charge in [-0.2, -0.15) is 13.2 Å². The first-order valence-corrected chi connectivity index (χ1v) is 11.6. The van der Waals surface area contributed by atoms with Gasteiger partial charge in [0.05, 0.1) is 29.3 Å². The molecule has 1 amide bonds. The van der Waals surface area contributed by atoms with E-state index in [0.717, 1.165) is 0 Å². The van der Waals surface area contributed by atoms with Gasteiger partial charge in [-0.05, 0) is 19.1 Å². The molecule has 200 valence electrons. The van der Waals surface area contributed by atoms with E-state index in [9.17, 15) is 27.9 Å². The molecular weight excluding hydrogens is 533 g/mol. The lowest BCUT2D eigenvalue weighted by molar-refractivity contribution is -0.207. The molecule has 12 nitrogen and oxygen atoms in total. The van der Waals surface area contributed by atoms with Gasteiger partial charge in [-0.15, -0.1) is 5.10 Å². The number of carbonyl (C=O) groups excluding carboxylic acids is 2. The van der Waals surface area contributed by atoms with Crippen LogP contribution in [0.3, 0.4) is 0 Å². The van der Waals surface area contributed by atoms with E-state index < -0.39 is 36.3 Å². The summed E-state index contributed by atoms with van der Waals surface area (Å²) >= 11 is 6.46. The molecule has 0 radical (unpaired) electrons. The minimum absolute atomic E-state index is 0.0336. The summed E-state index contributed by atoms with van der Waals surface area (Å²) in [4.78, 5) is 34.4. The molecule has 1 aliphatic heterocycles. The number of carbonyl (C=O) groups is 2. The van der Waals surface area contributed by atoms with Crippen LogP contribution in [-0.2, 0) is 9.53 Å². The van der Waals surface area contributed by atoms with Crippen LogP contribution in [0.4, 0.5) is 24.8 Å². The number of aromatic nitrogens is 5. The molecule has 3 atom stereocenters. The van der Waals surface area contributed by atoms with Crippen LogP contribution < -0.4 is 16.0 Å². The molecule has 0 bridgehead atoms.